The van der Waals surface area contributed by atoms with Crippen LogP contribution in [-0.4, -0.2) is 0 Å². The largest absolute Gasteiger partial charge is 0.455 e. The molecule has 0 atom stereocenters. The zero-order valence-corrected chi connectivity index (χ0v) is 30.4. The van der Waals surface area contributed by atoms with Crippen molar-refractivity contribution in [2.75, 3.05) is 4.90 Å². The minimum atomic E-state index is 0.910. The van der Waals surface area contributed by atoms with Crippen LogP contribution in [0.15, 0.2) is 205 Å². The number of anilines is 3. The number of hydrogen-bond acceptors (Lipinski definition) is 2. The molecule has 0 fully saturated rings. The van der Waals surface area contributed by atoms with Gasteiger partial charge < -0.3 is 9.32 Å². The molecular formula is C54H33NO. The minimum absolute atomic E-state index is 0.910. The zero-order chi connectivity index (χ0) is 36.7. The Hall–Kier alpha value is -7.42. The molecule has 260 valence electrons. The fourth-order valence-corrected chi connectivity index (χ4v) is 9.14. The second kappa shape index (κ2) is 12.0. The van der Waals surface area contributed by atoms with Gasteiger partial charge >= 0.3 is 0 Å². The van der Waals surface area contributed by atoms with E-state index in [9.17, 15) is 0 Å². The minimum Gasteiger partial charge on any atom is -0.455 e. The molecule has 11 aromatic rings. The van der Waals surface area contributed by atoms with E-state index in [4.69, 9.17) is 4.42 Å². The molecule has 56 heavy (non-hydrogen) atoms. The Balaban J connectivity index is 0.990. The second-order valence-electron chi connectivity index (χ2n) is 14.9. The number of hydrogen-bond donors (Lipinski definition) is 0. The van der Waals surface area contributed by atoms with Crippen LogP contribution in [0.2, 0.25) is 0 Å². The van der Waals surface area contributed by atoms with Crippen molar-refractivity contribution in [1.82, 2.24) is 0 Å². The Morgan fingerprint density at radius 2 is 0.893 bits per heavy atom. The van der Waals surface area contributed by atoms with E-state index in [0.29, 0.717) is 0 Å². The average Bonchev–Trinajstić information content (AvgIpc) is 3.81. The summed E-state index contributed by atoms with van der Waals surface area (Å²) in [5, 5.41) is 9.93. The Kier molecular flexibility index (Phi) is 6.66. The lowest BCUT2D eigenvalue weighted by atomic mass is 9.97. The third-order valence-electron chi connectivity index (χ3n) is 11.8. The van der Waals surface area contributed by atoms with Gasteiger partial charge in [-0.05, 0) is 120 Å². The molecule has 0 aliphatic heterocycles. The lowest BCUT2D eigenvalue weighted by Crippen LogP contribution is -2.10. The number of nitrogens with zero attached hydrogens (tertiary/aromatic N) is 1. The molecule has 0 spiro atoms. The molecule has 1 aromatic heterocycles. The summed E-state index contributed by atoms with van der Waals surface area (Å²) in [5.41, 5.74) is 14.9. The molecule has 2 heteroatoms. The van der Waals surface area contributed by atoms with Gasteiger partial charge in [-0.1, -0.05) is 152 Å². The standard InChI is InChI=1S/C54H33NO/c1-2-11-43-35(9-1)19-20-38-31-37(25-30-44(38)43)34-21-26-40(27-22-34)55(42-32-39-10-7-16-49-46-12-3-4-13-47(46)51(33-42)53(39)49)41-28-23-36(24-29-41)45-15-8-17-50-48-14-5-6-18-52(48)56-54(45)50/h1-33H. The molecule has 1 heterocycles. The van der Waals surface area contributed by atoms with Gasteiger partial charge in [0.05, 0.1) is 0 Å². The fourth-order valence-electron chi connectivity index (χ4n) is 9.14. The van der Waals surface area contributed by atoms with Crippen LogP contribution in [0.25, 0.3) is 98.8 Å². The third-order valence-corrected chi connectivity index (χ3v) is 11.8. The predicted molar refractivity (Wildman–Crippen MR) is 236 cm³/mol. The number of benzene rings is 10. The predicted octanol–water partition coefficient (Wildman–Crippen LogP) is 15.5. The molecule has 12 rings (SSSR count). The van der Waals surface area contributed by atoms with Crippen LogP contribution in [0.4, 0.5) is 17.1 Å². The molecule has 1 aliphatic carbocycles. The molecule has 0 unspecified atom stereocenters. The molecule has 0 radical (unpaired) electrons. The van der Waals surface area contributed by atoms with Gasteiger partial charge in [-0.15, -0.1) is 0 Å². The molecule has 1 aliphatic rings. The molecule has 0 bridgehead atoms. The number of fused-ring (bicyclic) bond motifs is 9. The molecule has 0 saturated carbocycles. The topological polar surface area (TPSA) is 16.4 Å². The van der Waals surface area contributed by atoms with Gasteiger partial charge in [0, 0.05) is 33.4 Å². The zero-order valence-electron chi connectivity index (χ0n) is 30.4. The van der Waals surface area contributed by atoms with Crippen LogP contribution in [-0.2, 0) is 0 Å². The van der Waals surface area contributed by atoms with Crippen molar-refractivity contribution in [2.24, 2.45) is 0 Å². The quantitative estimate of drug-likeness (QED) is 0.165. The Labute approximate surface area is 324 Å². The normalized spacial score (nSPS) is 11.9. The van der Waals surface area contributed by atoms with Crippen LogP contribution < -0.4 is 4.90 Å². The highest BCUT2D eigenvalue weighted by molar-refractivity contribution is 6.17. The molecule has 0 N–H and O–H groups in total. The first-order chi connectivity index (χ1) is 27.7. The Bertz CT molecular complexity index is 3350. The van der Waals surface area contributed by atoms with Crippen molar-refractivity contribution in [3.63, 3.8) is 0 Å². The second-order valence-corrected chi connectivity index (χ2v) is 14.9. The monoisotopic (exact) mass is 711 g/mol. The van der Waals surface area contributed by atoms with Gasteiger partial charge in [-0.25, -0.2) is 0 Å². The lowest BCUT2D eigenvalue weighted by Gasteiger charge is -2.27. The first kappa shape index (κ1) is 31.0. The lowest BCUT2D eigenvalue weighted by molar-refractivity contribution is 0.670. The van der Waals surface area contributed by atoms with Crippen molar-refractivity contribution in [2.45, 2.75) is 0 Å². The fraction of sp³-hybridized carbons (Fsp3) is 0. The van der Waals surface area contributed by atoms with Crippen LogP contribution in [0.1, 0.15) is 0 Å². The van der Waals surface area contributed by atoms with Crippen LogP contribution in [0, 0.1) is 0 Å². The summed E-state index contributed by atoms with van der Waals surface area (Å²) in [4.78, 5) is 2.39. The molecule has 10 aromatic carbocycles. The number of furan rings is 1. The van der Waals surface area contributed by atoms with Crippen molar-refractivity contribution in [3.05, 3.63) is 200 Å². The summed E-state index contributed by atoms with van der Waals surface area (Å²) in [6, 6.07) is 72.8. The summed E-state index contributed by atoms with van der Waals surface area (Å²) < 4.78 is 6.43. The summed E-state index contributed by atoms with van der Waals surface area (Å²) in [5.74, 6) is 0. The first-order valence-corrected chi connectivity index (χ1v) is 19.2. The maximum atomic E-state index is 6.43. The van der Waals surface area contributed by atoms with E-state index >= 15 is 0 Å². The van der Waals surface area contributed by atoms with Crippen molar-refractivity contribution < 1.29 is 4.42 Å². The molecular weight excluding hydrogens is 679 g/mol. The summed E-state index contributed by atoms with van der Waals surface area (Å²) >= 11 is 0. The van der Waals surface area contributed by atoms with Gasteiger partial charge in [0.2, 0.25) is 0 Å². The van der Waals surface area contributed by atoms with Gasteiger partial charge in [-0.2, -0.15) is 0 Å². The summed E-state index contributed by atoms with van der Waals surface area (Å²) in [6.07, 6.45) is 0. The summed E-state index contributed by atoms with van der Waals surface area (Å²) in [7, 11) is 0. The van der Waals surface area contributed by atoms with Crippen molar-refractivity contribution >= 4 is 71.3 Å². The maximum absolute atomic E-state index is 6.43. The van der Waals surface area contributed by atoms with Crippen molar-refractivity contribution in [3.8, 4) is 44.5 Å². The highest BCUT2D eigenvalue weighted by Crippen LogP contribution is 2.50. The Morgan fingerprint density at radius 1 is 0.304 bits per heavy atom. The smallest absolute Gasteiger partial charge is 0.143 e. The third kappa shape index (κ3) is 4.69. The van der Waals surface area contributed by atoms with Gasteiger partial charge in [0.1, 0.15) is 11.2 Å². The van der Waals surface area contributed by atoms with Crippen LogP contribution in [0.5, 0.6) is 0 Å². The highest BCUT2D eigenvalue weighted by Gasteiger charge is 2.24. The molecule has 2 nitrogen and oxygen atoms in total. The van der Waals surface area contributed by atoms with E-state index < -0.39 is 0 Å². The SMILES string of the molecule is c1ccc2c(c1)-c1cccc3cc(N(c4ccc(-c5ccc6c(ccc7ccccc76)c5)cc4)c4ccc(-c5cccc6c5oc5ccccc56)cc4)cc-2c13. The average molecular weight is 712 g/mol. The van der Waals surface area contributed by atoms with E-state index in [2.05, 4.69) is 193 Å². The highest BCUT2D eigenvalue weighted by atomic mass is 16.3. The van der Waals surface area contributed by atoms with Gasteiger partial charge in [0.25, 0.3) is 0 Å². The van der Waals surface area contributed by atoms with Crippen molar-refractivity contribution in [1.29, 1.82) is 0 Å². The van der Waals surface area contributed by atoms with Gasteiger partial charge in [0.15, 0.2) is 0 Å². The first-order valence-electron chi connectivity index (χ1n) is 19.2. The van der Waals surface area contributed by atoms with E-state index in [-0.39, 0.29) is 0 Å². The van der Waals surface area contributed by atoms with E-state index in [0.717, 1.165) is 50.1 Å². The van der Waals surface area contributed by atoms with Crippen LogP contribution >= 0.6 is 0 Å². The number of rotatable bonds is 5. The Morgan fingerprint density at radius 3 is 1.73 bits per heavy atom. The van der Waals surface area contributed by atoms with E-state index in [1.807, 2.05) is 12.1 Å². The molecule has 0 amide bonds. The number of para-hydroxylation sites is 2. The molecule has 0 saturated heterocycles. The van der Waals surface area contributed by atoms with E-state index in [1.54, 1.807) is 0 Å². The summed E-state index contributed by atoms with van der Waals surface area (Å²) in [6.45, 7) is 0. The maximum Gasteiger partial charge on any atom is 0.143 e. The van der Waals surface area contributed by atoms with Gasteiger partial charge in [-0.3, -0.25) is 0 Å². The van der Waals surface area contributed by atoms with Crippen LogP contribution in [0.3, 0.4) is 0 Å². The van der Waals surface area contributed by atoms with E-state index in [1.165, 1.54) is 65.7 Å².